The van der Waals surface area contributed by atoms with Crippen LogP contribution in [0, 0.1) is 0 Å². The fourth-order valence-corrected chi connectivity index (χ4v) is 1.59. The van der Waals surface area contributed by atoms with Crippen LogP contribution in [0.3, 0.4) is 0 Å². The standard InChI is InChI=1S/C13H26N2O3/c1-4-6-8-15(9-7-5-2)10-12(16)14-11(3)13(17)18/h11H,4-10H2,1-3H3,(H,14,16)(H,17,18). The molecule has 0 aromatic heterocycles. The SMILES string of the molecule is CCCCN(CCCC)CC(=O)NC(C)C(=O)O. The molecule has 0 fully saturated rings. The fourth-order valence-electron chi connectivity index (χ4n) is 1.59. The molecule has 5 nitrogen and oxygen atoms in total. The Hall–Kier alpha value is -1.10. The van der Waals surface area contributed by atoms with E-state index < -0.39 is 12.0 Å². The van der Waals surface area contributed by atoms with Crippen molar-refractivity contribution in [2.45, 2.75) is 52.5 Å². The van der Waals surface area contributed by atoms with Crippen molar-refractivity contribution in [2.24, 2.45) is 0 Å². The van der Waals surface area contributed by atoms with Crippen molar-refractivity contribution >= 4 is 11.9 Å². The summed E-state index contributed by atoms with van der Waals surface area (Å²) < 4.78 is 0. The summed E-state index contributed by atoms with van der Waals surface area (Å²) in [5.74, 6) is -1.21. The minimum absolute atomic E-state index is 0.211. The summed E-state index contributed by atoms with van der Waals surface area (Å²) in [5.41, 5.74) is 0. The smallest absolute Gasteiger partial charge is 0.325 e. The van der Waals surface area contributed by atoms with Gasteiger partial charge in [0.2, 0.25) is 5.91 Å². The number of unbranched alkanes of at least 4 members (excludes halogenated alkanes) is 2. The topological polar surface area (TPSA) is 69.6 Å². The van der Waals surface area contributed by atoms with Crippen LogP contribution in [0.4, 0.5) is 0 Å². The van der Waals surface area contributed by atoms with E-state index in [1.165, 1.54) is 6.92 Å². The third-order valence-corrected chi connectivity index (χ3v) is 2.77. The van der Waals surface area contributed by atoms with E-state index in [0.717, 1.165) is 38.8 Å². The number of nitrogens with one attached hydrogen (secondary N) is 1. The van der Waals surface area contributed by atoms with Gasteiger partial charge in [0.1, 0.15) is 6.04 Å². The predicted octanol–water partition coefficient (Wildman–Crippen LogP) is 1.48. The maximum atomic E-state index is 11.7. The molecule has 0 bridgehead atoms. The average molecular weight is 258 g/mol. The number of hydrogen-bond donors (Lipinski definition) is 2. The molecular formula is C13H26N2O3. The van der Waals surface area contributed by atoms with Crippen LogP contribution in [0.15, 0.2) is 0 Å². The van der Waals surface area contributed by atoms with E-state index in [4.69, 9.17) is 5.11 Å². The molecule has 0 aromatic carbocycles. The summed E-state index contributed by atoms with van der Waals surface area (Å²) in [6.45, 7) is 7.78. The zero-order chi connectivity index (χ0) is 14.0. The van der Waals surface area contributed by atoms with Crippen molar-refractivity contribution in [1.82, 2.24) is 10.2 Å². The van der Waals surface area contributed by atoms with Crippen LogP contribution in [-0.4, -0.2) is 47.6 Å². The van der Waals surface area contributed by atoms with Crippen LogP contribution in [0.5, 0.6) is 0 Å². The molecule has 18 heavy (non-hydrogen) atoms. The fraction of sp³-hybridized carbons (Fsp3) is 0.846. The molecule has 1 atom stereocenters. The van der Waals surface area contributed by atoms with E-state index in [-0.39, 0.29) is 12.5 Å². The lowest BCUT2D eigenvalue weighted by molar-refractivity contribution is -0.141. The van der Waals surface area contributed by atoms with Crippen LogP contribution in [0.2, 0.25) is 0 Å². The second-order valence-corrected chi connectivity index (χ2v) is 4.61. The molecule has 0 aliphatic carbocycles. The van der Waals surface area contributed by atoms with Gasteiger partial charge in [-0.1, -0.05) is 26.7 Å². The van der Waals surface area contributed by atoms with Gasteiger partial charge in [0.05, 0.1) is 6.54 Å². The number of carboxylic acid groups (broad SMARTS) is 1. The second-order valence-electron chi connectivity index (χ2n) is 4.61. The first-order valence-electron chi connectivity index (χ1n) is 6.75. The van der Waals surface area contributed by atoms with E-state index in [1.807, 2.05) is 0 Å². The molecule has 0 spiro atoms. The maximum absolute atomic E-state index is 11.7. The third kappa shape index (κ3) is 8.06. The van der Waals surface area contributed by atoms with E-state index >= 15 is 0 Å². The van der Waals surface area contributed by atoms with Crippen molar-refractivity contribution in [3.63, 3.8) is 0 Å². The highest BCUT2D eigenvalue weighted by Gasteiger charge is 2.16. The zero-order valence-electron chi connectivity index (χ0n) is 11.7. The predicted molar refractivity (Wildman–Crippen MR) is 71.5 cm³/mol. The molecular weight excluding hydrogens is 232 g/mol. The van der Waals surface area contributed by atoms with Gasteiger partial charge in [-0.05, 0) is 32.9 Å². The first-order valence-corrected chi connectivity index (χ1v) is 6.75. The molecule has 0 saturated carbocycles. The lowest BCUT2D eigenvalue weighted by Gasteiger charge is -2.21. The number of carboxylic acids is 1. The summed E-state index contributed by atoms with van der Waals surface area (Å²) in [4.78, 5) is 24.4. The van der Waals surface area contributed by atoms with Crippen molar-refractivity contribution in [2.75, 3.05) is 19.6 Å². The van der Waals surface area contributed by atoms with Crippen LogP contribution in [-0.2, 0) is 9.59 Å². The van der Waals surface area contributed by atoms with Crippen LogP contribution in [0.1, 0.15) is 46.5 Å². The number of nitrogens with zero attached hydrogens (tertiary/aromatic N) is 1. The lowest BCUT2D eigenvalue weighted by atomic mass is 10.2. The summed E-state index contributed by atoms with van der Waals surface area (Å²) in [6.07, 6.45) is 4.31. The minimum atomic E-state index is -1.00. The van der Waals surface area contributed by atoms with Gasteiger partial charge >= 0.3 is 5.97 Å². The zero-order valence-corrected chi connectivity index (χ0v) is 11.7. The molecule has 0 aliphatic heterocycles. The molecule has 0 aliphatic rings. The van der Waals surface area contributed by atoms with E-state index in [9.17, 15) is 9.59 Å². The van der Waals surface area contributed by atoms with Gasteiger partial charge < -0.3 is 10.4 Å². The van der Waals surface area contributed by atoms with Gasteiger partial charge in [-0.2, -0.15) is 0 Å². The molecule has 106 valence electrons. The summed E-state index contributed by atoms with van der Waals surface area (Å²) in [7, 11) is 0. The van der Waals surface area contributed by atoms with Crippen molar-refractivity contribution < 1.29 is 14.7 Å². The molecule has 0 radical (unpaired) electrons. The number of aliphatic carboxylic acids is 1. The molecule has 0 heterocycles. The Morgan fingerprint density at radius 3 is 2.06 bits per heavy atom. The van der Waals surface area contributed by atoms with Crippen LogP contribution >= 0.6 is 0 Å². The van der Waals surface area contributed by atoms with Gasteiger partial charge in [0.15, 0.2) is 0 Å². The normalized spacial score (nSPS) is 12.4. The molecule has 5 heteroatoms. The molecule has 0 rings (SSSR count). The number of hydrogen-bond acceptors (Lipinski definition) is 3. The van der Waals surface area contributed by atoms with E-state index in [2.05, 4.69) is 24.1 Å². The van der Waals surface area contributed by atoms with Gasteiger partial charge in [-0.15, -0.1) is 0 Å². The molecule has 1 amide bonds. The Kier molecular flexibility index (Phi) is 9.28. The molecule has 0 saturated heterocycles. The maximum Gasteiger partial charge on any atom is 0.325 e. The number of carbonyl (C=O) groups is 2. The van der Waals surface area contributed by atoms with Gasteiger partial charge in [0.25, 0.3) is 0 Å². The summed E-state index contributed by atoms with van der Waals surface area (Å²) in [6, 6.07) is -0.822. The Balaban J connectivity index is 4.11. The molecule has 1 unspecified atom stereocenters. The Bertz CT molecular complexity index is 249. The van der Waals surface area contributed by atoms with Crippen molar-refractivity contribution in [1.29, 1.82) is 0 Å². The van der Waals surface area contributed by atoms with Gasteiger partial charge in [-0.3, -0.25) is 14.5 Å². The number of amides is 1. The summed E-state index contributed by atoms with van der Waals surface area (Å²) in [5, 5.41) is 11.2. The minimum Gasteiger partial charge on any atom is -0.480 e. The highest BCUT2D eigenvalue weighted by Crippen LogP contribution is 1.99. The highest BCUT2D eigenvalue weighted by molar-refractivity contribution is 5.84. The monoisotopic (exact) mass is 258 g/mol. The Labute approximate surface area is 110 Å². The lowest BCUT2D eigenvalue weighted by Crippen LogP contribution is -2.44. The Morgan fingerprint density at radius 2 is 1.67 bits per heavy atom. The third-order valence-electron chi connectivity index (χ3n) is 2.77. The molecule has 2 N–H and O–H groups in total. The highest BCUT2D eigenvalue weighted by atomic mass is 16.4. The summed E-state index contributed by atoms with van der Waals surface area (Å²) >= 11 is 0. The van der Waals surface area contributed by atoms with Crippen LogP contribution in [0.25, 0.3) is 0 Å². The quantitative estimate of drug-likeness (QED) is 0.622. The van der Waals surface area contributed by atoms with Crippen LogP contribution < -0.4 is 5.32 Å². The largest absolute Gasteiger partial charge is 0.480 e. The first-order chi connectivity index (χ1) is 8.51. The average Bonchev–Trinajstić information content (AvgIpc) is 2.32. The van der Waals surface area contributed by atoms with Crippen molar-refractivity contribution in [3.05, 3.63) is 0 Å². The van der Waals surface area contributed by atoms with Gasteiger partial charge in [-0.25, -0.2) is 0 Å². The van der Waals surface area contributed by atoms with Gasteiger partial charge in [0, 0.05) is 0 Å². The Morgan fingerprint density at radius 1 is 1.17 bits per heavy atom. The molecule has 0 aromatic rings. The number of rotatable bonds is 10. The van der Waals surface area contributed by atoms with Crippen molar-refractivity contribution in [3.8, 4) is 0 Å². The first kappa shape index (κ1) is 16.9. The second kappa shape index (κ2) is 9.88. The van der Waals surface area contributed by atoms with E-state index in [1.54, 1.807) is 0 Å². The number of carbonyl (C=O) groups excluding carboxylic acids is 1. The van der Waals surface area contributed by atoms with E-state index in [0.29, 0.717) is 0 Å².